The Morgan fingerprint density at radius 3 is 2.65 bits per heavy atom. The van der Waals surface area contributed by atoms with Gasteiger partial charge in [0.2, 0.25) is 0 Å². The Hall–Kier alpha value is -1.28. The van der Waals surface area contributed by atoms with Crippen molar-refractivity contribution in [1.29, 1.82) is 0 Å². The van der Waals surface area contributed by atoms with E-state index in [1.807, 2.05) is 6.92 Å². The molecule has 1 saturated heterocycles. The highest BCUT2D eigenvalue weighted by Gasteiger charge is 2.33. The molecule has 0 aromatic carbocycles. The number of anilines is 1. The van der Waals surface area contributed by atoms with Crippen molar-refractivity contribution < 1.29 is 13.2 Å². The lowest BCUT2D eigenvalue weighted by Gasteiger charge is -2.18. The maximum Gasteiger partial charge on any atom is 0.290 e. The summed E-state index contributed by atoms with van der Waals surface area (Å²) in [5.41, 5.74) is 6.35. The Balaban J connectivity index is 2.52. The molecule has 0 saturated carbocycles. The number of sulfone groups is 1. The number of hydrogen-bond donors (Lipinski definition) is 1. The minimum Gasteiger partial charge on any atom is -0.393 e. The van der Waals surface area contributed by atoms with Crippen LogP contribution in [0.25, 0.3) is 0 Å². The van der Waals surface area contributed by atoms with E-state index in [0.29, 0.717) is 18.7 Å². The van der Waals surface area contributed by atoms with Crippen LogP contribution < -0.4 is 11.3 Å². The molecular weight excluding hydrogens is 282 g/mol. The topological polar surface area (TPSA) is 96.3 Å². The van der Waals surface area contributed by atoms with Gasteiger partial charge >= 0.3 is 0 Å². The molecule has 8 heteroatoms. The molecule has 2 N–H and O–H groups in total. The second-order valence-corrected chi connectivity index (χ2v) is 7.35. The molecule has 2 rings (SSSR count). The quantitative estimate of drug-likeness (QED) is 0.835. The van der Waals surface area contributed by atoms with Crippen molar-refractivity contribution in [3.63, 3.8) is 0 Å². The van der Waals surface area contributed by atoms with Gasteiger partial charge in [-0.25, -0.2) is 13.1 Å². The average Bonchev–Trinajstić information content (AvgIpc) is 2.84. The maximum atomic E-state index is 12.3. The average molecular weight is 303 g/mol. The van der Waals surface area contributed by atoms with Crippen molar-refractivity contribution in [2.45, 2.75) is 39.0 Å². The van der Waals surface area contributed by atoms with E-state index in [1.54, 1.807) is 4.68 Å². The summed E-state index contributed by atoms with van der Waals surface area (Å²) < 4.78 is 31.7. The molecule has 7 nitrogen and oxygen atoms in total. The molecule has 0 amide bonds. The summed E-state index contributed by atoms with van der Waals surface area (Å²) in [6.07, 6.45) is 1.28. The first-order valence-electron chi connectivity index (χ1n) is 6.70. The summed E-state index contributed by atoms with van der Waals surface area (Å²) in [5, 5.41) is 0. The summed E-state index contributed by atoms with van der Waals surface area (Å²) >= 11 is 0. The number of ether oxygens (including phenoxy) is 1. The van der Waals surface area contributed by atoms with E-state index in [9.17, 15) is 13.2 Å². The van der Waals surface area contributed by atoms with E-state index in [-0.39, 0.29) is 35.4 Å². The van der Waals surface area contributed by atoms with Crippen LogP contribution in [-0.2, 0) is 27.7 Å². The largest absolute Gasteiger partial charge is 0.393 e. The smallest absolute Gasteiger partial charge is 0.290 e. The Labute approximate surface area is 118 Å². The van der Waals surface area contributed by atoms with Crippen LogP contribution in [-0.4, -0.2) is 36.4 Å². The SMILES string of the molecule is CCCn1c(COC)c(N)c(=O)n1C1CCS(=O)(=O)C1. The van der Waals surface area contributed by atoms with Crippen molar-refractivity contribution in [3.8, 4) is 0 Å². The number of hydrogen-bond acceptors (Lipinski definition) is 5. The van der Waals surface area contributed by atoms with Gasteiger partial charge in [0.25, 0.3) is 5.56 Å². The van der Waals surface area contributed by atoms with Crippen LogP contribution in [0.3, 0.4) is 0 Å². The van der Waals surface area contributed by atoms with Crippen LogP contribution in [0.2, 0.25) is 0 Å². The summed E-state index contributed by atoms with van der Waals surface area (Å²) in [4.78, 5) is 12.3. The number of nitrogens with zero attached hydrogens (tertiary/aromatic N) is 2. The van der Waals surface area contributed by atoms with E-state index < -0.39 is 9.84 Å². The van der Waals surface area contributed by atoms with Gasteiger partial charge in [-0.15, -0.1) is 0 Å². The first-order valence-corrected chi connectivity index (χ1v) is 8.52. The van der Waals surface area contributed by atoms with Gasteiger partial charge in [-0.05, 0) is 12.8 Å². The van der Waals surface area contributed by atoms with E-state index in [0.717, 1.165) is 6.42 Å². The lowest BCUT2D eigenvalue weighted by atomic mass is 10.3. The Kier molecular flexibility index (Phi) is 4.24. The first kappa shape index (κ1) is 15.1. The van der Waals surface area contributed by atoms with Gasteiger partial charge in [-0.1, -0.05) is 6.92 Å². The predicted molar refractivity (Wildman–Crippen MR) is 76.4 cm³/mol. The first-order chi connectivity index (χ1) is 9.41. The van der Waals surface area contributed by atoms with E-state index in [2.05, 4.69) is 0 Å². The standard InChI is InChI=1S/C12H21N3O4S/c1-3-5-14-10(7-19-2)11(13)12(16)15(14)9-4-6-20(17,18)8-9/h9H,3-8,13H2,1-2H3. The van der Waals surface area contributed by atoms with Crippen molar-refractivity contribution in [2.75, 3.05) is 24.3 Å². The number of nitrogen functional groups attached to an aromatic ring is 1. The maximum absolute atomic E-state index is 12.3. The van der Waals surface area contributed by atoms with Crippen LogP contribution >= 0.6 is 0 Å². The van der Waals surface area contributed by atoms with E-state index >= 15 is 0 Å². The minimum absolute atomic E-state index is 0.00644. The molecule has 1 unspecified atom stereocenters. The van der Waals surface area contributed by atoms with Gasteiger partial charge < -0.3 is 10.5 Å². The predicted octanol–water partition coefficient (Wildman–Crippen LogP) is 0.148. The molecule has 1 aliphatic rings. The van der Waals surface area contributed by atoms with Gasteiger partial charge in [0.15, 0.2) is 9.84 Å². The summed E-state index contributed by atoms with van der Waals surface area (Å²) in [6.45, 7) is 2.85. The minimum atomic E-state index is -3.05. The summed E-state index contributed by atoms with van der Waals surface area (Å²) in [5.74, 6) is 0.132. The van der Waals surface area contributed by atoms with Gasteiger partial charge in [0.1, 0.15) is 5.69 Å². The lowest BCUT2D eigenvalue weighted by Crippen LogP contribution is -2.29. The lowest BCUT2D eigenvalue weighted by molar-refractivity contribution is 0.173. The summed E-state index contributed by atoms with van der Waals surface area (Å²) in [6, 6.07) is -0.327. The molecule has 0 radical (unpaired) electrons. The van der Waals surface area contributed by atoms with Gasteiger partial charge in [-0.2, -0.15) is 0 Å². The third-order valence-electron chi connectivity index (χ3n) is 3.59. The molecule has 20 heavy (non-hydrogen) atoms. The second-order valence-electron chi connectivity index (χ2n) is 5.12. The zero-order valence-electron chi connectivity index (χ0n) is 11.8. The van der Waals surface area contributed by atoms with Crippen LogP contribution in [0, 0.1) is 0 Å². The Morgan fingerprint density at radius 2 is 2.15 bits per heavy atom. The molecule has 2 heterocycles. The number of methoxy groups -OCH3 is 1. The van der Waals surface area contributed by atoms with Gasteiger partial charge in [0.05, 0.1) is 29.8 Å². The second kappa shape index (κ2) is 5.61. The van der Waals surface area contributed by atoms with Crippen molar-refractivity contribution in [2.24, 2.45) is 0 Å². The van der Waals surface area contributed by atoms with Crippen molar-refractivity contribution >= 4 is 15.5 Å². The third-order valence-corrected chi connectivity index (χ3v) is 5.34. The molecule has 1 aromatic heterocycles. The molecule has 1 aromatic rings. The molecular formula is C12H21N3O4S. The molecule has 1 aliphatic heterocycles. The fourth-order valence-corrected chi connectivity index (χ4v) is 4.39. The van der Waals surface area contributed by atoms with Crippen molar-refractivity contribution in [1.82, 2.24) is 9.36 Å². The van der Waals surface area contributed by atoms with Crippen molar-refractivity contribution in [3.05, 3.63) is 16.0 Å². The molecule has 1 atom stereocenters. The number of aromatic nitrogens is 2. The molecule has 114 valence electrons. The van der Waals surface area contributed by atoms with Crippen LogP contribution in [0.15, 0.2) is 4.79 Å². The highest BCUT2D eigenvalue weighted by molar-refractivity contribution is 7.91. The third kappa shape index (κ3) is 2.62. The number of rotatable bonds is 5. The fourth-order valence-electron chi connectivity index (χ4n) is 2.70. The normalized spacial score (nSPS) is 21.4. The van der Waals surface area contributed by atoms with E-state index in [1.165, 1.54) is 11.8 Å². The zero-order valence-corrected chi connectivity index (χ0v) is 12.6. The molecule has 0 aliphatic carbocycles. The highest BCUT2D eigenvalue weighted by atomic mass is 32.2. The Bertz CT molecular complexity index is 644. The molecule has 0 bridgehead atoms. The Morgan fingerprint density at radius 1 is 1.45 bits per heavy atom. The van der Waals surface area contributed by atoms with Crippen LogP contribution in [0.5, 0.6) is 0 Å². The van der Waals surface area contributed by atoms with Crippen LogP contribution in [0.4, 0.5) is 5.69 Å². The molecule has 0 spiro atoms. The number of nitrogens with two attached hydrogens (primary N) is 1. The van der Waals surface area contributed by atoms with E-state index in [4.69, 9.17) is 10.5 Å². The van der Waals surface area contributed by atoms with Crippen LogP contribution in [0.1, 0.15) is 31.5 Å². The summed E-state index contributed by atoms with van der Waals surface area (Å²) in [7, 11) is -1.51. The molecule has 1 fully saturated rings. The zero-order chi connectivity index (χ0) is 14.9. The fraction of sp³-hybridized carbons (Fsp3) is 0.750. The monoisotopic (exact) mass is 303 g/mol. The van der Waals surface area contributed by atoms with Gasteiger partial charge in [0, 0.05) is 13.7 Å². The highest BCUT2D eigenvalue weighted by Crippen LogP contribution is 2.24. The van der Waals surface area contributed by atoms with Gasteiger partial charge in [-0.3, -0.25) is 9.48 Å².